The number of nitrogens with two attached hydrogens (primary N) is 1. The highest BCUT2D eigenvalue weighted by Gasteiger charge is 2.44. The Labute approximate surface area is 178 Å². The Kier molecular flexibility index (Phi) is 4.31. The van der Waals surface area contributed by atoms with Gasteiger partial charge in [-0.15, -0.1) is 0 Å². The molecule has 10 heteroatoms. The molecule has 4 heterocycles. The first-order valence-electron chi connectivity index (χ1n) is 10.3. The number of nitrogen functional groups attached to an aromatic ring is 1. The lowest BCUT2D eigenvalue weighted by molar-refractivity contribution is -0.136. The van der Waals surface area contributed by atoms with Crippen LogP contribution in [0.4, 0.5) is 11.5 Å². The van der Waals surface area contributed by atoms with Crippen LogP contribution in [0.5, 0.6) is 0 Å². The lowest BCUT2D eigenvalue weighted by Crippen LogP contribution is -2.54. The zero-order chi connectivity index (χ0) is 21.9. The molecule has 10 nitrogen and oxygen atoms in total. The van der Waals surface area contributed by atoms with Crippen LogP contribution in [0.3, 0.4) is 0 Å². The topological polar surface area (TPSA) is 131 Å². The van der Waals surface area contributed by atoms with E-state index in [1.54, 1.807) is 18.3 Å². The standard InChI is InChI=1S/C21H22N6O4/c1-11-6-7-26-19(15(22)9-23-26)25(11)10-12-2-3-13-14(8-12)21(31)27(20(13)30)16-4-5-17(28)24-18(16)29/h2-3,8-9,11,16H,4-7,10,22H2,1H3,(H,24,28,29). The number of rotatable bonds is 3. The van der Waals surface area contributed by atoms with Crippen LogP contribution in [0, 0.1) is 0 Å². The minimum atomic E-state index is -0.968. The predicted octanol–water partition coefficient (Wildman–Crippen LogP) is 0.665. The Morgan fingerprint density at radius 1 is 1.13 bits per heavy atom. The maximum atomic E-state index is 13.0. The van der Waals surface area contributed by atoms with Gasteiger partial charge in [0.05, 0.1) is 23.0 Å². The van der Waals surface area contributed by atoms with Gasteiger partial charge in [-0.1, -0.05) is 6.07 Å². The number of nitrogens with zero attached hydrogens (tertiary/aromatic N) is 4. The van der Waals surface area contributed by atoms with Gasteiger partial charge in [0.15, 0.2) is 5.82 Å². The van der Waals surface area contributed by atoms with Crippen molar-refractivity contribution in [1.82, 2.24) is 20.0 Å². The largest absolute Gasteiger partial charge is 0.394 e. The molecule has 0 bridgehead atoms. The van der Waals surface area contributed by atoms with E-state index in [0.29, 0.717) is 12.2 Å². The first-order chi connectivity index (χ1) is 14.8. The number of nitrogens with one attached hydrogen (secondary N) is 1. The highest BCUT2D eigenvalue weighted by atomic mass is 16.2. The van der Waals surface area contributed by atoms with E-state index in [-0.39, 0.29) is 30.0 Å². The molecule has 2 atom stereocenters. The van der Waals surface area contributed by atoms with Gasteiger partial charge in [0, 0.05) is 25.6 Å². The van der Waals surface area contributed by atoms with E-state index >= 15 is 0 Å². The van der Waals surface area contributed by atoms with Crippen molar-refractivity contribution >= 4 is 35.1 Å². The highest BCUT2D eigenvalue weighted by molar-refractivity contribution is 6.23. The molecular weight excluding hydrogens is 400 g/mol. The minimum Gasteiger partial charge on any atom is -0.394 e. The van der Waals surface area contributed by atoms with Crippen molar-refractivity contribution in [2.75, 3.05) is 10.6 Å². The van der Waals surface area contributed by atoms with Crippen LogP contribution >= 0.6 is 0 Å². The van der Waals surface area contributed by atoms with Crippen LogP contribution in [-0.2, 0) is 22.7 Å². The van der Waals surface area contributed by atoms with Gasteiger partial charge in [-0.05, 0) is 37.5 Å². The number of fused-ring (bicyclic) bond motifs is 2. The van der Waals surface area contributed by atoms with E-state index in [9.17, 15) is 19.2 Å². The van der Waals surface area contributed by atoms with Crippen LogP contribution in [0.1, 0.15) is 52.5 Å². The van der Waals surface area contributed by atoms with Crippen LogP contribution in [0.25, 0.3) is 0 Å². The number of carbonyl (C=O) groups is 4. The molecule has 31 heavy (non-hydrogen) atoms. The second-order valence-electron chi connectivity index (χ2n) is 8.24. The summed E-state index contributed by atoms with van der Waals surface area (Å²) in [5, 5.41) is 6.53. The number of carbonyl (C=O) groups excluding carboxylic acids is 4. The summed E-state index contributed by atoms with van der Waals surface area (Å²) in [6.45, 7) is 3.41. The third-order valence-electron chi connectivity index (χ3n) is 6.26. The molecule has 0 aliphatic carbocycles. The van der Waals surface area contributed by atoms with Crippen molar-refractivity contribution in [2.45, 2.75) is 51.4 Å². The molecule has 1 aromatic heterocycles. The third-order valence-corrected chi connectivity index (χ3v) is 6.26. The Bertz CT molecular complexity index is 1140. The molecule has 5 rings (SSSR count). The summed E-state index contributed by atoms with van der Waals surface area (Å²) in [5.74, 6) is -1.17. The normalized spacial score (nSPS) is 23.1. The monoisotopic (exact) mass is 422 g/mol. The van der Waals surface area contributed by atoms with Crippen molar-refractivity contribution in [3.8, 4) is 0 Å². The number of aromatic nitrogens is 2. The molecule has 3 aliphatic rings. The minimum absolute atomic E-state index is 0.0943. The van der Waals surface area contributed by atoms with E-state index in [1.807, 2.05) is 10.7 Å². The fourth-order valence-electron chi connectivity index (χ4n) is 4.59. The molecule has 0 radical (unpaired) electrons. The van der Waals surface area contributed by atoms with Gasteiger partial charge in [0.25, 0.3) is 11.8 Å². The highest BCUT2D eigenvalue weighted by Crippen LogP contribution is 2.33. The molecular formula is C21H22N6O4. The summed E-state index contributed by atoms with van der Waals surface area (Å²) in [6.07, 6.45) is 2.79. The van der Waals surface area contributed by atoms with E-state index in [0.717, 1.165) is 29.2 Å². The summed E-state index contributed by atoms with van der Waals surface area (Å²) in [6, 6.07) is 4.42. The van der Waals surface area contributed by atoms with E-state index in [4.69, 9.17) is 5.73 Å². The molecule has 1 saturated heterocycles. The van der Waals surface area contributed by atoms with Gasteiger partial charge in [-0.2, -0.15) is 5.10 Å². The first-order valence-corrected chi connectivity index (χ1v) is 10.3. The molecule has 1 aromatic carbocycles. The Hall–Kier alpha value is -3.69. The van der Waals surface area contributed by atoms with E-state index in [2.05, 4.69) is 22.2 Å². The van der Waals surface area contributed by atoms with Gasteiger partial charge in [-0.25, -0.2) is 4.68 Å². The van der Waals surface area contributed by atoms with Gasteiger partial charge in [0.1, 0.15) is 6.04 Å². The summed E-state index contributed by atoms with van der Waals surface area (Å²) < 4.78 is 1.88. The van der Waals surface area contributed by atoms with Crippen LogP contribution in [-0.4, -0.2) is 50.4 Å². The lowest BCUT2D eigenvalue weighted by atomic mass is 10.0. The second-order valence-corrected chi connectivity index (χ2v) is 8.24. The quantitative estimate of drug-likeness (QED) is 0.695. The summed E-state index contributed by atoms with van der Waals surface area (Å²) >= 11 is 0. The molecule has 0 saturated carbocycles. The second kappa shape index (κ2) is 6.93. The lowest BCUT2D eigenvalue weighted by Gasteiger charge is -2.36. The van der Waals surface area contributed by atoms with Gasteiger partial charge < -0.3 is 10.6 Å². The molecule has 4 amide bonds. The molecule has 2 aromatic rings. The molecule has 1 fully saturated rings. The summed E-state index contributed by atoms with van der Waals surface area (Å²) in [4.78, 5) is 52.7. The Morgan fingerprint density at radius 2 is 1.90 bits per heavy atom. The van der Waals surface area contributed by atoms with Gasteiger partial charge >= 0.3 is 0 Å². The number of benzene rings is 1. The van der Waals surface area contributed by atoms with Crippen molar-refractivity contribution in [2.24, 2.45) is 0 Å². The number of anilines is 2. The van der Waals surface area contributed by atoms with Crippen molar-refractivity contribution in [3.63, 3.8) is 0 Å². The number of aryl methyl sites for hydroxylation is 1. The summed E-state index contributed by atoms with van der Waals surface area (Å²) in [7, 11) is 0. The van der Waals surface area contributed by atoms with Crippen LogP contribution in [0.2, 0.25) is 0 Å². The van der Waals surface area contributed by atoms with Crippen molar-refractivity contribution in [3.05, 3.63) is 41.1 Å². The number of imide groups is 2. The average Bonchev–Trinajstić information content (AvgIpc) is 3.23. The zero-order valence-corrected chi connectivity index (χ0v) is 17.0. The first kappa shape index (κ1) is 19.3. The van der Waals surface area contributed by atoms with Gasteiger partial charge in [0.2, 0.25) is 11.8 Å². The molecule has 2 unspecified atom stereocenters. The maximum absolute atomic E-state index is 13.0. The van der Waals surface area contributed by atoms with Gasteiger partial charge in [-0.3, -0.25) is 29.4 Å². The smallest absolute Gasteiger partial charge is 0.262 e. The number of hydrogen-bond acceptors (Lipinski definition) is 7. The summed E-state index contributed by atoms with van der Waals surface area (Å²) in [5.41, 5.74) is 8.13. The number of amides is 4. The van der Waals surface area contributed by atoms with E-state index < -0.39 is 29.7 Å². The van der Waals surface area contributed by atoms with Crippen molar-refractivity contribution in [1.29, 1.82) is 0 Å². The molecule has 0 spiro atoms. The fourth-order valence-corrected chi connectivity index (χ4v) is 4.59. The van der Waals surface area contributed by atoms with Crippen molar-refractivity contribution < 1.29 is 19.2 Å². The van der Waals surface area contributed by atoms with Crippen LogP contribution < -0.4 is 16.0 Å². The molecule has 3 aliphatic heterocycles. The Morgan fingerprint density at radius 3 is 2.68 bits per heavy atom. The number of hydrogen-bond donors (Lipinski definition) is 2. The number of piperidine rings is 1. The Balaban J connectivity index is 1.43. The predicted molar refractivity (Wildman–Crippen MR) is 110 cm³/mol. The third kappa shape index (κ3) is 2.97. The SMILES string of the molecule is CC1CCn2ncc(N)c2N1Cc1ccc2c(c1)C(=O)N(C1CCC(=O)NC1=O)C2=O. The zero-order valence-electron chi connectivity index (χ0n) is 17.0. The molecule has 3 N–H and O–H groups in total. The van der Waals surface area contributed by atoms with Crippen LogP contribution in [0.15, 0.2) is 24.4 Å². The fraction of sp³-hybridized carbons (Fsp3) is 0.381. The molecule has 160 valence electrons. The maximum Gasteiger partial charge on any atom is 0.262 e. The van der Waals surface area contributed by atoms with E-state index in [1.165, 1.54) is 0 Å². The average molecular weight is 422 g/mol.